The van der Waals surface area contributed by atoms with Gasteiger partial charge in [-0.05, 0) is 45.0 Å². The molecule has 2 aromatic carbocycles. The van der Waals surface area contributed by atoms with Gasteiger partial charge in [0.25, 0.3) is 0 Å². The molecule has 0 saturated heterocycles. The van der Waals surface area contributed by atoms with Crippen LogP contribution in [0.3, 0.4) is 0 Å². The number of aromatic nitrogens is 1. The summed E-state index contributed by atoms with van der Waals surface area (Å²) in [5, 5.41) is 2.01. The van der Waals surface area contributed by atoms with E-state index in [0.717, 1.165) is 12.1 Å². The summed E-state index contributed by atoms with van der Waals surface area (Å²) in [6, 6.07) is 4.84. The number of nitrogens with two attached hydrogens (primary N) is 1. The first-order chi connectivity index (χ1) is 12.6. The molecule has 2 N–H and O–H groups in total. The average molecular weight is 396 g/mol. The Balaban J connectivity index is 0.000000199. The highest BCUT2D eigenvalue weighted by Gasteiger charge is 2.13. The van der Waals surface area contributed by atoms with E-state index in [9.17, 15) is 22.4 Å². The van der Waals surface area contributed by atoms with Crippen molar-refractivity contribution in [3.05, 3.63) is 69.6 Å². The molecule has 0 saturated carbocycles. The second-order valence-electron chi connectivity index (χ2n) is 5.70. The smallest absolute Gasteiger partial charge is 0.180 e. The number of carbonyl (C=O) groups is 1. The summed E-state index contributed by atoms with van der Waals surface area (Å²) in [4.78, 5) is 14.7. The number of thiazole rings is 1. The van der Waals surface area contributed by atoms with Gasteiger partial charge in [0.2, 0.25) is 0 Å². The van der Waals surface area contributed by atoms with Gasteiger partial charge in [0.1, 0.15) is 23.3 Å². The van der Waals surface area contributed by atoms with Gasteiger partial charge in [-0.25, -0.2) is 22.5 Å². The minimum atomic E-state index is -0.762. The highest BCUT2D eigenvalue weighted by molar-refractivity contribution is 7.13. The molecule has 0 bridgehead atoms. The number of halogens is 4. The molecular weight excluding hydrogens is 380 g/mol. The van der Waals surface area contributed by atoms with E-state index >= 15 is 0 Å². The Hall–Kier alpha value is -2.74. The van der Waals surface area contributed by atoms with Crippen LogP contribution in [-0.2, 0) is 0 Å². The number of nitrogens with zero attached hydrogens (tertiary/aromatic N) is 1. The van der Waals surface area contributed by atoms with Crippen LogP contribution in [0.4, 0.5) is 22.7 Å². The first-order valence-electron chi connectivity index (χ1n) is 7.75. The lowest BCUT2D eigenvalue weighted by Gasteiger charge is -2.03. The van der Waals surface area contributed by atoms with Crippen LogP contribution in [0.1, 0.15) is 28.4 Å². The zero-order valence-electron chi connectivity index (χ0n) is 14.7. The number of hydrogen-bond acceptors (Lipinski definition) is 4. The summed E-state index contributed by atoms with van der Waals surface area (Å²) < 4.78 is 52.4. The van der Waals surface area contributed by atoms with Gasteiger partial charge in [0, 0.05) is 22.1 Å². The standard InChI is InChI=1S/C10H8F2N2S.C9H8F2O/c1-5-7(11)3-2-6(9(5)12)8-4-15-10(13)14-8;1-5-8(10)4-3-7(6(2)12)9(5)11/h2-4H,1H3,(H2,13,14);3-4H,1-2H3. The van der Waals surface area contributed by atoms with E-state index in [1.807, 2.05) is 0 Å². The normalized spacial score (nSPS) is 10.3. The third-order valence-electron chi connectivity index (χ3n) is 3.82. The number of Topliss-reactive ketones (excluding diaryl/α,β-unsaturated/α-hetero) is 1. The van der Waals surface area contributed by atoms with Gasteiger partial charge in [0.05, 0.1) is 11.3 Å². The maximum atomic E-state index is 13.6. The number of carbonyl (C=O) groups excluding carboxylic acids is 1. The van der Waals surface area contributed by atoms with Crippen molar-refractivity contribution in [1.29, 1.82) is 0 Å². The van der Waals surface area contributed by atoms with Crippen molar-refractivity contribution in [2.45, 2.75) is 20.8 Å². The lowest BCUT2D eigenvalue weighted by molar-refractivity contribution is 0.101. The van der Waals surface area contributed by atoms with Gasteiger partial charge >= 0.3 is 0 Å². The fraction of sp³-hybridized carbons (Fsp3) is 0.158. The molecule has 0 aliphatic heterocycles. The van der Waals surface area contributed by atoms with Crippen LogP contribution in [0, 0.1) is 37.1 Å². The van der Waals surface area contributed by atoms with E-state index in [1.165, 1.54) is 44.2 Å². The van der Waals surface area contributed by atoms with Crippen molar-refractivity contribution in [3.63, 3.8) is 0 Å². The quantitative estimate of drug-likeness (QED) is 0.463. The SMILES string of the molecule is CC(=O)c1ccc(F)c(C)c1F.Cc1c(F)ccc(-c2csc(N)n2)c1F. The highest BCUT2D eigenvalue weighted by Crippen LogP contribution is 2.28. The number of rotatable bonds is 2. The van der Waals surface area contributed by atoms with Crippen LogP contribution in [0.25, 0.3) is 11.3 Å². The molecule has 0 aliphatic carbocycles. The van der Waals surface area contributed by atoms with Gasteiger partial charge < -0.3 is 5.73 Å². The van der Waals surface area contributed by atoms with Gasteiger partial charge in [-0.2, -0.15) is 0 Å². The van der Waals surface area contributed by atoms with Crippen LogP contribution in [0.5, 0.6) is 0 Å². The monoisotopic (exact) mass is 396 g/mol. The summed E-state index contributed by atoms with van der Waals surface area (Å²) in [7, 11) is 0. The van der Waals surface area contributed by atoms with E-state index in [1.54, 1.807) is 5.38 Å². The molecule has 0 atom stereocenters. The topological polar surface area (TPSA) is 56.0 Å². The Bertz CT molecular complexity index is 1000. The summed E-state index contributed by atoms with van der Waals surface area (Å²) in [6.07, 6.45) is 0. The summed E-state index contributed by atoms with van der Waals surface area (Å²) in [6.45, 7) is 3.94. The first kappa shape index (κ1) is 20.6. The van der Waals surface area contributed by atoms with Gasteiger partial charge in [-0.1, -0.05) is 0 Å². The molecule has 142 valence electrons. The highest BCUT2D eigenvalue weighted by atomic mass is 32.1. The van der Waals surface area contributed by atoms with Crippen molar-refractivity contribution < 1.29 is 22.4 Å². The fourth-order valence-electron chi connectivity index (χ4n) is 2.20. The number of nitrogen functional groups attached to an aromatic ring is 1. The predicted molar refractivity (Wildman–Crippen MR) is 97.7 cm³/mol. The Morgan fingerprint density at radius 1 is 0.963 bits per heavy atom. The summed E-state index contributed by atoms with van der Waals surface area (Å²) in [5.41, 5.74) is 6.00. The molecule has 0 spiro atoms. The molecular formula is C19H16F4N2OS. The van der Waals surface area contributed by atoms with Gasteiger partial charge in [-0.15, -0.1) is 11.3 Å². The predicted octanol–water partition coefficient (Wildman–Crippen LogP) is 5.45. The van der Waals surface area contributed by atoms with Gasteiger partial charge in [-0.3, -0.25) is 4.79 Å². The van der Waals surface area contributed by atoms with Crippen LogP contribution in [0.2, 0.25) is 0 Å². The number of anilines is 1. The van der Waals surface area contributed by atoms with E-state index in [-0.39, 0.29) is 22.3 Å². The van der Waals surface area contributed by atoms with Gasteiger partial charge in [0.15, 0.2) is 10.9 Å². The molecule has 3 aromatic rings. The Morgan fingerprint density at radius 3 is 2.04 bits per heavy atom. The molecule has 0 fully saturated rings. The second-order valence-corrected chi connectivity index (χ2v) is 6.58. The molecule has 0 radical (unpaired) electrons. The number of hydrogen-bond donors (Lipinski definition) is 1. The van der Waals surface area contributed by atoms with E-state index in [4.69, 9.17) is 5.73 Å². The summed E-state index contributed by atoms with van der Waals surface area (Å²) >= 11 is 1.22. The molecule has 0 unspecified atom stereocenters. The average Bonchev–Trinajstić information content (AvgIpc) is 3.04. The zero-order chi connectivity index (χ0) is 20.3. The van der Waals surface area contributed by atoms with Crippen LogP contribution < -0.4 is 5.73 Å². The van der Waals surface area contributed by atoms with Crippen molar-refractivity contribution in [2.75, 3.05) is 5.73 Å². The third kappa shape index (κ3) is 4.51. The Morgan fingerprint density at radius 2 is 1.52 bits per heavy atom. The van der Waals surface area contributed by atoms with E-state index in [2.05, 4.69) is 4.98 Å². The van der Waals surface area contributed by atoms with Crippen LogP contribution in [-0.4, -0.2) is 10.8 Å². The van der Waals surface area contributed by atoms with Crippen molar-refractivity contribution in [2.24, 2.45) is 0 Å². The number of ketones is 1. The molecule has 1 heterocycles. The third-order valence-corrected chi connectivity index (χ3v) is 4.49. The number of benzene rings is 2. The Labute approximate surface area is 157 Å². The fourth-order valence-corrected chi connectivity index (χ4v) is 2.77. The minimum absolute atomic E-state index is 0.000860. The van der Waals surface area contributed by atoms with Crippen molar-refractivity contribution >= 4 is 22.3 Å². The molecule has 3 rings (SSSR count). The van der Waals surface area contributed by atoms with E-state index < -0.39 is 29.1 Å². The molecule has 27 heavy (non-hydrogen) atoms. The summed E-state index contributed by atoms with van der Waals surface area (Å²) in [5.74, 6) is -2.92. The molecule has 8 heteroatoms. The lowest BCUT2D eigenvalue weighted by atomic mass is 10.1. The molecule has 3 nitrogen and oxygen atoms in total. The molecule has 1 aromatic heterocycles. The van der Waals surface area contributed by atoms with Crippen LogP contribution in [0.15, 0.2) is 29.6 Å². The zero-order valence-corrected chi connectivity index (χ0v) is 15.6. The minimum Gasteiger partial charge on any atom is -0.375 e. The van der Waals surface area contributed by atoms with Crippen molar-refractivity contribution in [3.8, 4) is 11.3 Å². The largest absolute Gasteiger partial charge is 0.375 e. The molecule has 0 amide bonds. The maximum Gasteiger partial charge on any atom is 0.180 e. The van der Waals surface area contributed by atoms with Crippen molar-refractivity contribution in [1.82, 2.24) is 4.98 Å². The second kappa shape index (κ2) is 8.30. The first-order valence-corrected chi connectivity index (χ1v) is 8.63. The molecule has 0 aliphatic rings. The van der Waals surface area contributed by atoms with E-state index in [0.29, 0.717) is 10.8 Å². The lowest BCUT2D eigenvalue weighted by Crippen LogP contribution is -2.00. The Kier molecular flexibility index (Phi) is 6.32. The maximum absolute atomic E-state index is 13.6. The van der Waals surface area contributed by atoms with Crippen LogP contribution >= 0.6 is 11.3 Å².